The van der Waals surface area contributed by atoms with Crippen molar-refractivity contribution >= 4 is 27.7 Å². The molecule has 0 spiro atoms. The van der Waals surface area contributed by atoms with Crippen molar-refractivity contribution in [3.63, 3.8) is 0 Å². The van der Waals surface area contributed by atoms with Crippen LogP contribution in [0.5, 0.6) is 0 Å². The molecule has 4 saturated carbocycles. The summed E-state index contributed by atoms with van der Waals surface area (Å²) in [5.74, 6) is 2.65. The van der Waals surface area contributed by atoms with Crippen LogP contribution in [-0.2, 0) is 14.8 Å². The normalized spacial score (nSPS) is 41.0. The van der Waals surface area contributed by atoms with Crippen molar-refractivity contribution in [2.45, 2.75) is 103 Å². The van der Waals surface area contributed by atoms with Crippen molar-refractivity contribution in [3.05, 3.63) is 29.3 Å². The molecular formula is C32H48ClNO6S. The Balaban J connectivity index is 1.22. The van der Waals surface area contributed by atoms with Gasteiger partial charge >= 0.3 is 6.09 Å². The van der Waals surface area contributed by atoms with Gasteiger partial charge < -0.3 is 14.9 Å². The van der Waals surface area contributed by atoms with Gasteiger partial charge in [0.05, 0.1) is 23.7 Å². The standard InChI is InChI=1S/C32H48ClNO6S/c1-5-23-27-18-21(35)11-14-32(27,4)26-12-15-31(3)24(9-10-25(31)28(26)29(23)36)19(2)13-16-40-30(37)34-41(38,39)22-8-6-7-20(33)17-22/h6-8,17,19,21,23-29,35-36H,5,9-16,18H2,1-4H3,(H,34,37)/t19-,21-,23-,24-,25+,26+,27+,28+,29-,31-,32-/m1/s1. The van der Waals surface area contributed by atoms with E-state index in [0.717, 1.165) is 51.4 Å². The van der Waals surface area contributed by atoms with E-state index in [9.17, 15) is 23.4 Å². The first-order valence-electron chi connectivity index (χ1n) is 15.6. The van der Waals surface area contributed by atoms with E-state index in [0.29, 0.717) is 41.9 Å². The van der Waals surface area contributed by atoms with Gasteiger partial charge in [-0.1, -0.05) is 51.8 Å². The first-order chi connectivity index (χ1) is 19.3. The number of rotatable bonds is 7. The van der Waals surface area contributed by atoms with Gasteiger partial charge in [-0.2, -0.15) is 0 Å². The molecule has 0 radical (unpaired) electrons. The summed E-state index contributed by atoms with van der Waals surface area (Å²) in [6, 6.07) is 5.74. The molecule has 5 rings (SSSR count). The third-order valence-electron chi connectivity index (χ3n) is 12.3. The van der Waals surface area contributed by atoms with Gasteiger partial charge in [-0.25, -0.2) is 17.9 Å². The smallest absolute Gasteiger partial charge is 0.421 e. The van der Waals surface area contributed by atoms with Gasteiger partial charge in [0.2, 0.25) is 0 Å². The Morgan fingerprint density at radius 2 is 1.80 bits per heavy atom. The molecule has 1 aromatic rings. The lowest BCUT2D eigenvalue weighted by molar-refractivity contribution is -0.203. The number of benzene rings is 1. The van der Waals surface area contributed by atoms with Crippen molar-refractivity contribution in [3.8, 4) is 0 Å². The van der Waals surface area contributed by atoms with E-state index in [-0.39, 0.29) is 45.5 Å². The Labute approximate surface area is 250 Å². The van der Waals surface area contributed by atoms with E-state index in [1.807, 2.05) is 4.72 Å². The molecule has 1 amide bonds. The van der Waals surface area contributed by atoms with Crippen LogP contribution in [-0.4, -0.2) is 43.5 Å². The zero-order chi connectivity index (χ0) is 29.7. The number of sulfonamides is 1. The number of carbonyl (C=O) groups excluding carboxylic acids is 1. The largest absolute Gasteiger partial charge is 0.449 e. The number of amides is 1. The second kappa shape index (κ2) is 11.6. The fraction of sp³-hybridized carbons (Fsp3) is 0.781. The van der Waals surface area contributed by atoms with Crippen LogP contribution in [0.3, 0.4) is 0 Å². The highest BCUT2D eigenvalue weighted by Crippen LogP contribution is 2.69. The number of nitrogens with one attached hydrogen (secondary N) is 1. The van der Waals surface area contributed by atoms with Crippen LogP contribution in [0, 0.1) is 52.3 Å². The molecule has 7 nitrogen and oxygen atoms in total. The minimum absolute atomic E-state index is 0.0874. The second-order valence-corrected chi connectivity index (χ2v) is 16.2. The summed E-state index contributed by atoms with van der Waals surface area (Å²) in [5.41, 5.74) is 0.302. The van der Waals surface area contributed by atoms with Crippen molar-refractivity contribution in [2.75, 3.05) is 6.61 Å². The highest BCUT2D eigenvalue weighted by atomic mass is 35.5. The maximum absolute atomic E-state index is 12.5. The minimum atomic E-state index is -4.06. The highest BCUT2D eigenvalue weighted by Gasteiger charge is 2.64. The number of fused-ring (bicyclic) bond motifs is 5. The van der Waals surface area contributed by atoms with Crippen LogP contribution >= 0.6 is 11.6 Å². The lowest BCUT2D eigenvalue weighted by Gasteiger charge is -2.64. The number of aliphatic hydroxyl groups is 2. The lowest BCUT2D eigenvalue weighted by Crippen LogP contribution is -2.62. The predicted octanol–water partition coefficient (Wildman–Crippen LogP) is 6.41. The average Bonchev–Trinajstić information content (AvgIpc) is 3.27. The maximum Gasteiger partial charge on any atom is 0.421 e. The minimum Gasteiger partial charge on any atom is -0.449 e. The van der Waals surface area contributed by atoms with Crippen molar-refractivity contribution in [1.29, 1.82) is 0 Å². The third kappa shape index (κ3) is 5.56. The molecule has 0 bridgehead atoms. The molecule has 9 heteroatoms. The molecule has 0 saturated heterocycles. The van der Waals surface area contributed by atoms with Gasteiger partial charge in [0.25, 0.3) is 10.0 Å². The summed E-state index contributed by atoms with van der Waals surface area (Å²) in [6.07, 6.45) is 7.30. The van der Waals surface area contributed by atoms with Crippen molar-refractivity contribution in [2.24, 2.45) is 52.3 Å². The van der Waals surface area contributed by atoms with Crippen molar-refractivity contribution < 1.29 is 28.2 Å². The Kier molecular flexibility index (Phi) is 8.81. The third-order valence-corrected chi connectivity index (χ3v) is 13.8. The average molecular weight is 610 g/mol. The van der Waals surface area contributed by atoms with E-state index in [1.54, 1.807) is 6.07 Å². The monoisotopic (exact) mass is 609 g/mol. The SMILES string of the molecule is CC[C@H]1[C@@H](O)[C@@H]2[C@H](CC[C@]3(C)[C@@H]([C@H](C)CCOC(=O)NS(=O)(=O)c4cccc(Cl)c4)CC[C@@H]23)[C@@]2(C)CC[C@@H](O)C[C@@H]12. The molecular weight excluding hydrogens is 562 g/mol. The summed E-state index contributed by atoms with van der Waals surface area (Å²) < 4.78 is 32.3. The van der Waals surface area contributed by atoms with Gasteiger partial charge in [0, 0.05) is 5.02 Å². The van der Waals surface area contributed by atoms with Crippen LogP contribution in [0.1, 0.15) is 85.5 Å². The molecule has 4 aliphatic carbocycles. The fourth-order valence-electron chi connectivity index (χ4n) is 10.3. The zero-order valence-corrected chi connectivity index (χ0v) is 26.5. The number of hydrogen-bond donors (Lipinski definition) is 3. The van der Waals surface area contributed by atoms with E-state index >= 15 is 0 Å². The molecule has 0 aromatic heterocycles. The van der Waals surface area contributed by atoms with Gasteiger partial charge in [0.1, 0.15) is 0 Å². The second-order valence-electron chi connectivity index (χ2n) is 14.1. The number of ether oxygens (including phenoxy) is 1. The molecule has 4 aliphatic rings. The molecule has 41 heavy (non-hydrogen) atoms. The van der Waals surface area contributed by atoms with Crippen molar-refractivity contribution in [1.82, 2.24) is 4.72 Å². The molecule has 230 valence electrons. The summed E-state index contributed by atoms with van der Waals surface area (Å²) in [5, 5.41) is 22.7. The number of aliphatic hydroxyl groups excluding tert-OH is 2. The summed E-state index contributed by atoms with van der Waals surface area (Å²) in [7, 11) is -4.06. The predicted molar refractivity (Wildman–Crippen MR) is 159 cm³/mol. The topological polar surface area (TPSA) is 113 Å². The number of hydrogen-bond acceptors (Lipinski definition) is 6. The molecule has 4 fully saturated rings. The Morgan fingerprint density at radius 1 is 1.10 bits per heavy atom. The van der Waals surface area contributed by atoms with Crippen LogP contribution in [0.25, 0.3) is 0 Å². The van der Waals surface area contributed by atoms with E-state index in [1.165, 1.54) is 18.2 Å². The first-order valence-corrected chi connectivity index (χ1v) is 17.5. The quantitative estimate of drug-likeness (QED) is 0.329. The highest BCUT2D eigenvalue weighted by molar-refractivity contribution is 7.90. The van der Waals surface area contributed by atoms with E-state index < -0.39 is 16.1 Å². The number of carbonyl (C=O) groups is 1. The van der Waals surface area contributed by atoms with Crippen LogP contribution in [0.15, 0.2) is 29.2 Å². The molecule has 0 aliphatic heterocycles. The Hall–Kier alpha value is -1.35. The Morgan fingerprint density at radius 3 is 2.51 bits per heavy atom. The van der Waals surface area contributed by atoms with Crippen LogP contribution < -0.4 is 4.72 Å². The summed E-state index contributed by atoms with van der Waals surface area (Å²) in [4.78, 5) is 12.3. The van der Waals surface area contributed by atoms with Crippen LogP contribution in [0.2, 0.25) is 5.02 Å². The lowest BCUT2D eigenvalue weighted by atomic mass is 9.41. The summed E-state index contributed by atoms with van der Waals surface area (Å²) >= 11 is 5.90. The molecule has 3 N–H and O–H groups in total. The number of halogens is 1. The van der Waals surface area contributed by atoms with Gasteiger partial charge in [-0.3, -0.25) is 0 Å². The molecule has 11 atom stereocenters. The fourth-order valence-corrected chi connectivity index (χ4v) is 11.5. The Bertz CT molecular complexity index is 1230. The van der Waals surface area contributed by atoms with Gasteiger partial charge in [0.15, 0.2) is 0 Å². The van der Waals surface area contributed by atoms with E-state index in [4.69, 9.17) is 16.3 Å². The molecule has 0 heterocycles. The zero-order valence-electron chi connectivity index (χ0n) is 24.9. The molecule has 0 unspecified atom stereocenters. The van der Waals surface area contributed by atoms with Crippen LogP contribution in [0.4, 0.5) is 4.79 Å². The van der Waals surface area contributed by atoms with E-state index in [2.05, 4.69) is 27.7 Å². The van der Waals surface area contributed by atoms with Gasteiger partial charge in [-0.05, 0) is 122 Å². The molecule has 1 aromatic carbocycles. The summed E-state index contributed by atoms with van der Waals surface area (Å²) in [6.45, 7) is 9.46. The first kappa shape index (κ1) is 31.1. The maximum atomic E-state index is 12.5. The van der Waals surface area contributed by atoms with Gasteiger partial charge in [-0.15, -0.1) is 0 Å².